The third kappa shape index (κ3) is 2.93. The SMILES string of the molecule is CC(Nc1ccc2cc[nH]c(=O)c2c1)c1ccc(Cl)cc1. The minimum Gasteiger partial charge on any atom is -0.379 e. The van der Waals surface area contributed by atoms with Crippen LogP contribution in [0, 0.1) is 0 Å². The van der Waals surface area contributed by atoms with Crippen LogP contribution >= 0.6 is 11.6 Å². The summed E-state index contributed by atoms with van der Waals surface area (Å²) in [5.41, 5.74) is 1.98. The van der Waals surface area contributed by atoms with E-state index in [1.165, 1.54) is 0 Å². The second-order valence-corrected chi connectivity index (χ2v) is 5.46. The Bertz CT molecular complexity index is 824. The van der Waals surface area contributed by atoms with Crippen molar-refractivity contribution in [1.82, 2.24) is 4.98 Å². The molecular weight excluding hydrogens is 284 g/mol. The van der Waals surface area contributed by atoms with Gasteiger partial charge in [-0.1, -0.05) is 29.8 Å². The van der Waals surface area contributed by atoms with Crippen LogP contribution < -0.4 is 10.9 Å². The molecule has 0 bridgehead atoms. The predicted molar refractivity (Wildman–Crippen MR) is 88.1 cm³/mol. The van der Waals surface area contributed by atoms with Crippen molar-refractivity contribution in [3.63, 3.8) is 0 Å². The van der Waals surface area contributed by atoms with E-state index in [2.05, 4.69) is 17.2 Å². The molecule has 1 heterocycles. The number of aromatic nitrogens is 1. The number of rotatable bonds is 3. The predicted octanol–water partition coefficient (Wildman–Crippen LogP) is 4.35. The van der Waals surface area contributed by atoms with Gasteiger partial charge in [0.25, 0.3) is 5.56 Å². The minimum absolute atomic E-state index is 0.0738. The zero-order valence-electron chi connectivity index (χ0n) is 11.6. The molecule has 0 aliphatic rings. The zero-order chi connectivity index (χ0) is 14.8. The molecule has 106 valence electrons. The van der Waals surface area contributed by atoms with E-state index in [0.717, 1.165) is 21.7 Å². The lowest BCUT2D eigenvalue weighted by atomic mass is 10.1. The summed E-state index contributed by atoms with van der Waals surface area (Å²) in [7, 11) is 0. The van der Waals surface area contributed by atoms with Gasteiger partial charge in [0.2, 0.25) is 0 Å². The van der Waals surface area contributed by atoms with Gasteiger partial charge in [-0.2, -0.15) is 0 Å². The molecule has 3 nitrogen and oxygen atoms in total. The Morgan fingerprint density at radius 2 is 1.86 bits per heavy atom. The van der Waals surface area contributed by atoms with Gasteiger partial charge in [-0.05, 0) is 48.2 Å². The Hall–Kier alpha value is -2.26. The Kier molecular flexibility index (Phi) is 3.67. The molecule has 0 spiro atoms. The summed E-state index contributed by atoms with van der Waals surface area (Å²) < 4.78 is 0. The van der Waals surface area contributed by atoms with Crippen LogP contribution in [-0.4, -0.2) is 4.98 Å². The van der Waals surface area contributed by atoms with Crippen LogP contribution in [0.3, 0.4) is 0 Å². The van der Waals surface area contributed by atoms with E-state index in [1.807, 2.05) is 48.5 Å². The molecule has 1 atom stereocenters. The maximum absolute atomic E-state index is 11.8. The topological polar surface area (TPSA) is 44.9 Å². The standard InChI is InChI=1S/C17H15ClN2O/c1-11(12-2-5-14(18)6-3-12)20-15-7-4-13-8-9-19-17(21)16(13)10-15/h2-11,20H,1H3,(H,19,21). The van der Waals surface area contributed by atoms with Crippen molar-refractivity contribution in [1.29, 1.82) is 0 Å². The van der Waals surface area contributed by atoms with Crippen LogP contribution in [0.15, 0.2) is 59.5 Å². The van der Waals surface area contributed by atoms with E-state index < -0.39 is 0 Å². The minimum atomic E-state index is -0.0738. The molecule has 2 N–H and O–H groups in total. The molecular formula is C17H15ClN2O. The largest absolute Gasteiger partial charge is 0.379 e. The lowest BCUT2D eigenvalue weighted by Gasteiger charge is -2.16. The van der Waals surface area contributed by atoms with Crippen molar-refractivity contribution < 1.29 is 0 Å². The fraction of sp³-hybridized carbons (Fsp3) is 0.118. The average molecular weight is 299 g/mol. The Labute approximate surface area is 127 Å². The van der Waals surface area contributed by atoms with Crippen molar-refractivity contribution in [3.8, 4) is 0 Å². The summed E-state index contributed by atoms with van der Waals surface area (Å²) >= 11 is 5.90. The number of pyridine rings is 1. The number of benzene rings is 2. The van der Waals surface area contributed by atoms with Crippen molar-refractivity contribution in [2.75, 3.05) is 5.32 Å². The molecule has 0 saturated carbocycles. The molecule has 3 rings (SSSR count). The fourth-order valence-electron chi connectivity index (χ4n) is 2.36. The van der Waals surface area contributed by atoms with Gasteiger partial charge in [0, 0.05) is 28.3 Å². The second-order valence-electron chi connectivity index (χ2n) is 5.03. The summed E-state index contributed by atoms with van der Waals surface area (Å²) in [6, 6.07) is 15.6. The first kappa shape index (κ1) is 13.7. The number of anilines is 1. The Morgan fingerprint density at radius 3 is 2.62 bits per heavy atom. The van der Waals surface area contributed by atoms with E-state index in [-0.39, 0.29) is 11.6 Å². The van der Waals surface area contributed by atoms with Gasteiger partial charge in [-0.3, -0.25) is 4.79 Å². The number of hydrogen-bond acceptors (Lipinski definition) is 2. The van der Waals surface area contributed by atoms with E-state index in [9.17, 15) is 4.79 Å². The van der Waals surface area contributed by atoms with Gasteiger partial charge in [0.05, 0.1) is 0 Å². The first-order chi connectivity index (χ1) is 10.1. The van der Waals surface area contributed by atoms with Crippen LogP contribution in [0.5, 0.6) is 0 Å². The highest BCUT2D eigenvalue weighted by Gasteiger charge is 2.06. The fourth-order valence-corrected chi connectivity index (χ4v) is 2.48. The van der Waals surface area contributed by atoms with E-state index >= 15 is 0 Å². The number of aromatic amines is 1. The first-order valence-electron chi connectivity index (χ1n) is 6.77. The van der Waals surface area contributed by atoms with Crippen molar-refractivity contribution in [3.05, 3.63) is 75.7 Å². The summed E-state index contributed by atoms with van der Waals surface area (Å²) in [6.07, 6.45) is 1.66. The van der Waals surface area contributed by atoms with Crippen molar-refractivity contribution in [2.45, 2.75) is 13.0 Å². The monoisotopic (exact) mass is 298 g/mol. The van der Waals surface area contributed by atoms with E-state index in [0.29, 0.717) is 5.39 Å². The first-order valence-corrected chi connectivity index (χ1v) is 7.15. The van der Waals surface area contributed by atoms with Gasteiger partial charge >= 0.3 is 0 Å². The second kappa shape index (κ2) is 5.62. The van der Waals surface area contributed by atoms with Crippen LogP contribution in [0.25, 0.3) is 10.8 Å². The lowest BCUT2D eigenvalue weighted by Crippen LogP contribution is -2.08. The summed E-state index contributed by atoms with van der Waals surface area (Å²) in [5, 5.41) is 5.75. The molecule has 1 unspecified atom stereocenters. The Balaban J connectivity index is 1.89. The summed E-state index contributed by atoms with van der Waals surface area (Å²) in [4.78, 5) is 14.5. The van der Waals surface area contributed by atoms with Gasteiger partial charge in [0.1, 0.15) is 0 Å². The normalized spacial score (nSPS) is 12.3. The number of hydrogen-bond donors (Lipinski definition) is 2. The van der Waals surface area contributed by atoms with Crippen molar-refractivity contribution >= 4 is 28.1 Å². The summed E-state index contributed by atoms with van der Waals surface area (Å²) in [5.74, 6) is 0. The molecule has 4 heteroatoms. The van der Waals surface area contributed by atoms with Crippen LogP contribution in [0.1, 0.15) is 18.5 Å². The zero-order valence-corrected chi connectivity index (χ0v) is 12.3. The average Bonchev–Trinajstić information content (AvgIpc) is 2.49. The molecule has 1 aromatic heterocycles. The number of halogens is 1. The van der Waals surface area contributed by atoms with E-state index in [4.69, 9.17) is 11.6 Å². The van der Waals surface area contributed by atoms with Crippen LogP contribution in [0.4, 0.5) is 5.69 Å². The maximum Gasteiger partial charge on any atom is 0.255 e. The highest BCUT2D eigenvalue weighted by molar-refractivity contribution is 6.30. The van der Waals surface area contributed by atoms with Gasteiger partial charge in [0.15, 0.2) is 0 Å². The van der Waals surface area contributed by atoms with Crippen LogP contribution in [-0.2, 0) is 0 Å². The molecule has 0 fully saturated rings. The molecule has 0 aliphatic heterocycles. The third-order valence-electron chi connectivity index (χ3n) is 3.53. The molecule has 0 amide bonds. The van der Waals surface area contributed by atoms with Gasteiger partial charge in [-0.15, -0.1) is 0 Å². The van der Waals surface area contributed by atoms with Crippen molar-refractivity contribution in [2.24, 2.45) is 0 Å². The molecule has 0 saturated heterocycles. The Morgan fingerprint density at radius 1 is 1.10 bits per heavy atom. The number of H-pyrrole nitrogens is 1. The number of nitrogens with one attached hydrogen (secondary N) is 2. The van der Waals surface area contributed by atoms with Crippen LogP contribution in [0.2, 0.25) is 5.02 Å². The highest BCUT2D eigenvalue weighted by atomic mass is 35.5. The molecule has 0 aliphatic carbocycles. The number of fused-ring (bicyclic) bond motifs is 1. The quantitative estimate of drug-likeness (QED) is 0.755. The molecule has 21 heavy (non-hydrogen) atoms. The third-order valence-corrected chi connectivity index (χ3v) is 3.78. The summed E-state index contributed by atoms with van der Waals surface area (Å²) in [6.45, 7) is 2.07. The lowest BCUT2D eigenvalue weighted by molar-refractivity contribution is 0.885. The molecule has 3 aromatic rings. The molecule has 0 radical (unpaired) electrons. The smallest absolute Gasteiger partial charge is 0.255 e. The van der Waals surface area contributed by atoms with Gasteiger partial charge < -0.3 is 10.3 Å². The molecule has 2 aromatic carbocycles. The van der Waals surface area contributed by atoms with Gasteiger partial charge in [-0.25, -0.2) is 0 Å². The van der Waals surface area contributed by atoms with E-state index in [1.54, 1.807) is 6.20 Å². The maximum atomic E-state index is 11.8. The highest BCUT2D eigenvalue weighted by Crippen LogP contribution is 2.22.